The highest BCUT2D eigenvalue weighted by Gasteiger charge is 2.54. The zero-order valence-electron chi connectivity index (χ0n) is 9.71. The standard InChI is InChI=1S/C12H21NO2/c1-9(13)11-3-6-12(7-4-11,8-5-11)10(14)15-2/h9H,3-8,13H2,1-2H3/t9-,11?,12?/m0/s1. The van der Waals surface area contributed by atoms with Gasteiger partial charge in [0.1, 0.15) is 0 Å². The Morgan fingerprint density at radius 3 is 2.00 bits per heavy atom. The predicted molar refractivity (Wildman–Crippen MR) is 58.2 cm³/mol. The van der Waals surface area contributed by atoms with Crippen molar-refractivity contribution in [1.29, 1.82) is 0 Å². The van der Waals surface area contributed by atoms with Crippen LogP contribution < -0.4 is 5.73 Å². The summed E-state index contributed by atoms with van der Waals surface area (Å²) in [4.78, 5) is 11.8. The first-order chi connectivity index (χ1) is 7.05. The summed E-state index contributed by atoms with van der Waals surface area (Å²) in [5.74, 6) is 0.000439. The normalized spacial score (nSPS) is 41.3. The lowest BCUT2D eigenvalue weighted by Crippen LogP contribution is -2.52. The number of esters is 1. The zero-order chi connectivity index (χ0) is 11.1. The first-order valence-corrected chi connectivity index (χ1v) is 5.89. The van der Waals surface area contributed by atoms with Crippen molar-refractivity contribution in [2.45, 2.75) is 51.5 Å². The van der Waals surface area contributed by atoms with Gasteiger partial charge in [-0.2, -0.15) is 0 Å². The molecule has 3 heteroatoms. The molecule has 0 amide bonds. The summed E-state index contributed by atoms with van der Waals surface area (Å²) in [6.07, 6.45) is 6.21. The van der Waals surface area contributed by atoms with Crippen molar-refractivity contribution in [3.63, 3.8) is 0 Å². The monoisotopic (exact) mass is 211 g/mol. The Labute approximate surface area is 91.4 Å². The molecular weight excluding hydrogens is 190 g/mol. The molecule has 0 saturated heterocycles. The van der Waals surface area contributed by atoms with Crippen molar-refractivity contribution in [2.75, 3.05) is 7.11 Å². The highest BCUT2D eigenvalue weighted by atomic mass is 16.5. The molecule has 3 saturated carbocycles. The van der Waals surface area contributed by atoms with E-state index in [9.17, 15) is 4.79 Å². The Morgan fingerprint density at radius 2 is 1.67 bits per heavy atom. The fourth-order valence-electron chi connectivity index (χ4n) is 3.42. The summed E-state index contributed by atoms with van der Waals surface area (Å²) in [7, 11) is 1.50. The van der Waals surface area contributed by atoms with Gasteiger partial charge in [0.15, 0.2) is 0 Å². The minimum atomic E-state index is -0.161. The Morgan fingerprint density at radius 1 is 1.20 bits per heavy atom. The summed E-state index contributed by atoms with van der Waals surface area (Å²) < 4.78 is 4.93. The molecule has 3 fully saturated rings. The molecule has 3 aliphatic carbocycles. The second-order valence-electron chi connectivity index (χ2n) is 5.42. The molecule has 0 aromatic rings. The van der Waals surface area contributed by atoms with Crippen molar-refractivity contribution >= 4 is 5.97 Å². The first-order valence-electron chi connectivity index (χ1n) is 5.89. The third-order valence-corrected chi connectivity index (χ3v) is 4.89. The number of ether oxygens (including phenoxy) is 1. The van der Waals surface area contributed by atoms with E-state index >= 15 is 0 Å². The van der Waals surface area contributed by atoms with E-state index in [1.807, 2.05) is 0 Å². The predicted octanol–water partition coefficient (Wildman–Crippen LogP) is 1.85. The van der Waals surface area contributed by atoms with Crippen LogP contribution in [0.1, 0.15) is 45.4 Å². The molecule has 0 aliphatic heterocycles. The molecule has 0 radical (unpaired) electrons. The van der Waals surface area contributed by atoms with Crippen LogP contribution in [0.3, 0.4) is 0 Å². The van der Waals surface area contributed by atoms with E-state index in [4.69, 9.17) is 10.5 Å². The van der Waals surface area contributed by atoms with E-state index in [0.717, 1.165) is 38.5 Å². The third kappa shape index (κ3) is 1.48. The van der Waals surface area contributed by atoms with E-state index in [-0.39, 0.29) is 17.4 Å². The minimum absolute atomic E-state index is 0.000439. The van der Waals surface area contributed by atoms with Crippen LogP contribution in [0.15, 0.2) is 0 Å². The fourth-order valence-corrected chi connectivity index (χ4v) is 3.42. The van der Waals surface area contributed by atoms with Crippen LogP contribution in [-0.2, 0) is 9.53 Å². The summed E-state index contributed by atoms with van der Waals surface area (Å²) in [6.45, 7) is 2.11. The third-order valence-electron chi connectivity index (χ3n) is 4.89. The molecule has 3 rings (SSSR count). The second-order valence-corrected chi connectivity index (χ2v) is 5.42. The smallest absolute Gasteiger partial charge is 0.311 e. The maximum Gasteiger partial charge on any atom is 0.311 e. The molecule has 1 atom stereocenters. The van der Waals surface area contributed by atoms with Crippen molar-refractivity contribution in [1.82, 2.24) is 0 Å². The molecule has 0 spiro atoms. The quantitative estimate of drug-likeness (QED) is 0.709. The van der Waals surface area contributed by atoms with Gasteiger partial charge >= 0.3 is 5.97 Å². The minimum Gasteiger partial charge on any atom is -0.469 e. The van der Waals surface area contributed by atoms with Crippen LogP contribution in [0.4, 0.5) is 0 Å². The van der Waals surface area contributed by atoms with Gasteiger partial charge < -0.3 is 10.5 Å². The van der Waals surface area contributed by atoms with Gasteiger partial charge in [-0.3, -0.25) is 4.79 Å². The lowest BCUT2D eigenvalue weighted by atomic mass is 9.52. The average molecular weight is 211 g/mol. The van der Waals surface area contributed by atoms with Gasteiger partial charge in [-0.05, 0) is 50.9 Å². The van der Waals surface area contributed by atoms with Gasteiger partial charge in [-0.15, -0.1) is 0 Å². The molecule has 2 N–H and O–H groups in total. The summed E-state index contributed by atoms with van der Waals surface area (Å²) in [6, 6.07) is 0.258. The summed E-state index contributed by atoms with van der Waals surface area (Å²) in [5.41, 5.74) is 6.23. The van der Waals surface area contributed by atoms with Crippen molar-refractivity contribution in [3.05, 3.63) is 0 Å². The van der Waals surface area contributed by atoms with E-state index in [2.05, 4.69) is 6.92 Å². The molecular formula is C12H21NO2. The molecule has 3 nitrogen and oxygen atoms in total. The van der Waals surface area contributed by atoms with Crippen LogP contribution in [0.2, 0.25) is 0 Å². The van der Waals surface area contributed by atoms with Gasteiger partial charge in [0.25, 0.3) is 0 Å². The molecule has 2 bridgehead atoms. The van der Waals surface area contributed by atoms with Gasteiger partial charge in [0, 0.05) is 6.04 Å². The highest BCUT2D eigenvalue weighted by molar-refractivity contribution is 5.77. The zero-order valence-corrected chi connectivity index (χ0v) is 9.71. The molecule has 86 valence electrons. The topological polar surface area (TPSA) is 52.3 Å². The largest absolute Gasteiger partial charge is 0.469 e. The van der Waals surface area contributed by atoms with Crippen molar-refractivity contribution in [3.8, 4) is 0 Å². The van der Waals surface area contributed by atoms with E-state index in [0.29, 0.717) is 5.41 Å². The second kappa shape index (κ2) is 3.48. The number of hydrogen-bond donors (Lipinski definition) is 1. The number of methoxy groups -OCH3 is 1. The van der Waals surface area contributed by atoms with Crippen molar-refractivity contribution in [2.24, 2.45) is 16.6 Å². The Kier molecular flexibility index (Phi) is 2.53. The number of nitrogens with two attached hydrogens (primary N) is 1. The lowest BCUT2D eigenvalue weighted by Gasteiger charge is -2.53. The molecule has 0 aromatic carbocycles. The van der Waals surface area contributed by atoms with Gasteiger partial charge in [0.2, 0.25) is 0 Å². The number of rotatable bonds is 2. The first kappa shape index (κ1) is 10.9. The highest BCUT2D eigenvalue weighted by Crippen LogP contribution is 2.58. The Balaban J connectivity index is 2.14. The van der Waals surface area contributed by atoms with Gasteiger partial charge in [-0.1, -0.05) is 0 Å². The maximum absolute atomic E-state index is 11.8. The number of fused-ring (bicyclic) bond motifs is 3. The van der Waals surface area contributed by atoms with Crippen LogP contribution >= 0.6 is 0 Å². The van der Waals surface area contributed by atoms with Gasteiger partial charge in [-0.25, -0.2) is 0 Å². The van der Waals surface area contributed by atoms with Crippen LogP contribution in [0, 0.1) is 10.8 Å². The van der Waals surface area contributed by atoms with Crippen LogP contribution in [0.25, 0.3) is 0 Å². The van der Waals surface area contributed by atoms with E-state index in [1.165, 1.54) is 7.11 Å². The maximum atomic E-state index is 11.8. The fraction of sp³-hybridized carbons (Fsp3) is 0.917. The summed E-state index contributed by atoms with van der Waals surface area (Å²) >= 11 is 0. The van der Waals surface area contributed by atoms with Crippen molar-refractivity contribution < 1.29 is 9.53 Å². The molecule has 0 unspecified atom stereocenters. The number of carbonyl (C=O) groups excluding carboxylic acids is 1. The Hall–Kier alpha value is -0.570. The number of hydrogen-bond acceptors (Lipinski definition) is 3. The van der Waals surface area contributed by atoms with E-state index < -0.39 is 0 Å². The van der Waals surface area contributed by atoms with Crippen LogP contribution in [-0.4, -0.2) is 19.1 Å². The lowest BCUT2D eigenvalue weighted by molar-refractivity contribution is -0.163. The molecule has 15 heavy (non-hydrogen) atoms. The number of carbonyl (C=O) groups is 1. The Bertz CT molecular complexity index is 248. The van der Waals surface area contributed by atoms with Crippen LogP contribution in [0.5, 0.6) is 0 Å². The van der Waals surface area contributed by atoms with E-state index in [1.54, 1.807) is 0 Å². The SMILES string of the molecule is COC(=O)C12CCC([C@H](C)N)(CC1)CC2. The molecule has 3 aliphatic rings. The molecule has 0 aromatic heterocycles. The van der Waals surface area contributed by atoms with Gasteiger partial charge in [0.05, 0.1) is 12.5 Å². The summed E-state index contributed by atoms with van der Waals surface area (Å²) in [5, 5.41) is 0. The molecule has 0 heterocycles. The average Bonchev–Trinajstić information content (AvgIpc) is 2.30.